The van der Waals surface area contributed by atoms with Gasteiger partial charge in [-0.15, -0.1) is 23.1 Å². The SMILES string of the molecule is O=CCSc1cc(C=O)sc1C=O. The van der Waals surface area contributed by atoms with Gasteiger partial charge in [0, 0.05) is 4.90 Å². The Balaban J connectivity index is 2.89. The van der Waals surface area contributed by atoms with Crippen molar-refractivity contribution in [2.75, 3.05) is 5.75 Å². The van der Waals surface area contributed by atoms with Crippen LogP contribution in [0.1, 0.15) is 19.3 Å². The number of carbonyl (C=O) groups excluding carboxylic acids is 3. The standard InChI is InChI=1S/C8H6O3S2/c9-1-2-12-7-3-6(4-10)13-8(7)5-11/h1,3-5H,2H2. The largest absolute Gasteiger partial charge is 0.302 e. The van der Waals surface area contributed by atoms with Gasteiger partial charge in [-0.2, -0.15) is 0 Å². The summed E-state index contributed by atoms with van der Waals surface area (Å²) in [7, 11) is 0. The number of hydrogen-bond acceptors (Lipinski definition) is 5. The van der Waals surface area contributed by atoms with Crippen LogP contribution in [-0.4, -0.2) is 24.6 Å². The van der Waals surface area contributed by atoms with Gasteiger partial charge in [0.25, 0.3) is 0 Å². The first kappa shape index (κ1) is 10.1. The number of thioether (sulfide) groups is 1. The number of hydrogen-bond donors (Lipinski definition) is 0. The van der Waals surface area contributed by atoms with E-state index in [9.17, 15) is 14.4 Å². The second kappa shape index (κ2) is 4.94. The zero-order valence-electron chi connectivity index (χ0n) is 6.56. The van der Waals surface area contributed by atoms with E-state index < -0.39 is 0 Å². The Morgan fingerprint density at radius 3 is 2.62 bits per heavy atom. The zero-order valence-corrected chi connectivity index (χ0v) is 8.19. The minimum Gasteiger partial charge on any atom is -0.302 e. The van der Waals surface area contributed by atoms with E-state index in [2.05, 4.69) is 0 Å². The van der Waals surface area contributed by atoms with Crippen LogP contribution in [-0.2, 0) is 4.79 Å². The number of carbonyl (C=O) groups is 3. The normalized spacial score (nSPS) is 9.54. The second-order valence-corrected chi connectivity index (χ2v) is 4.27. The fourth-order valence-electron chi connectivity index (χ4n) is 0.784. The molecule has 0 bridgehead atoms. The molecule has 0 saturated heterocycles. The Kier molecular flexibility index (Phi) is 3.85. The van der Waals surface area contributed by atoms with Crippen molar-refractivity contribution in [1.82, 2.24) is 0 Å². The fourth-order valence-corrected chi connectivity index (χ4v) is 2.49. The molecule has 0 radical (unpaired) electrons. The van der Waals surface area contributed by atoms with Crippen LogP contribution in [0, 0.1) is 0 Å². The summed E-state index contributed by atoms with van der Waals surface area (Å²) in [4.78, 5) is 32.7. The highest BCUT2D eigenvalue weighted by molar-refractivity contribution is 8.00. The summed E-state index contributed by atoms with van der Waals surface area (Å²) < 4.78 is 0. The molecule has 13 heavy (non-hydrogen) atoms. The fraction of sp³-hybridized carbons (Fsp3) is 0.125. The summed E-state index contributed by atoms with van der Waals surface area (Å²) in [5.41, 5.74) is 0. The predicted molar refractivity (Wildman–Crippen MR) is 51.9 cm³/mol. The Bertz CT molecular complexity index is 330. The lowest BCUT2D eigenvalue weighted by molar-refractivity contribution is -0.105. The third kappa shape index (κ3) is 2.50. The molecule has 0 aromatic carbocycles. The molecule has 5 heteroatoms. The average Bonchev–Trinajstić information content (AvgIpc) is 2.57. The van der Waals surface area contributed by atoms with Gasteiger partial charge in [0.05, 0.1) is 15.5 Å². The van der Waals surface area contributed by atoms with Crippen molar-refractivity contribution >= 4 is 42.0 Å². The molecule has 0 unspecified atom stereocenters. The highest BCUT2D eigenvalue weighted by Gasteiger charge is 2.07. The first-order valence-electron chi connectivity index (χ1n) is 3.42. The van der Waals surface area contributed by atoms with Crippen molar-refractivity contribution < 1.29 is 14.4 Å². The van der Waals surface area contributed by atoms with Gasteiger partial charge in [-0.1, -0.05) is 0 Å². The summed E-state index contributed by atoms with van der Waals surface area (Å²) in [5.74, 6) is 0.301. The van der Waals surface area contributed by atoms with Gasteiger partial charge in [-0.05, 0) is 6.07 Å². The lowest BCUT2D eigenvalue weighted by Gasteiger charge is -1.91. The maximum absolute atomic E-state index is 10.5. The van der Waals surface area contributed by atoms with Crippen LogP contribution in [0.4, 0.5) is 0 Å². The molecule has 1 heterocycles. The van der Waals surface area contributed by atoms with Gasteiger partial charge >= 0.3 is 0 Å². The maximum Gasteiger partial charge on any atom is 0.161 e. The first-order valence-corrected chi connectivity index (χ1v) is 5.22. The van der Waals surface area contributed by atoms with E-state index >= 15 is 0 Å². The number of aldehydes is 3. The Morgan fingerprint density at radius 2 is 2.08 bits per heavy atom. The van der Waals surface area contributed by atoms with Gasteiger partial charge in [0.1, 0.15) is 6.29 Å². The van der Waals surface area contributed by atoms with Crippen LogP contribution < -0.4 is 0 Å². The van der Waals surface area contributed by atoms with E-state index in [0.717, 1.165) is 17.6 Å². The Morgan fingerprint density at radius 1 is 1.31 bits per heavy atom. The molecule has 0 saturated carbocycles. The van der Waals surface area contributed by atoms with Crippen LogP contribution >= 0.6 is 23.1 Å². The molecule has 0 atom stereocenters. The van der Waals surface area contributed by atoms with E-state index in [1.165, 1.54) is 11.8 Å². The number of thiophene rings is 1. The lowest BCUT2D eigenvalue weighted by Crippen LogP contribution is -1.80. The molecule has 1 aromatic heterocycles. The maximum atomic E-state index is 10.5. The monoisotopic (exact) mass is 214 g/mol. The van der Waals surface area contributed by atoms with Gasteiger partial charge in [0.2, 0.25) is 0 Å². The topological polar surface area (TPSA) is 51.2 Å². The van der Waals surface area contributed by atoms with E-state index in [4.69, 9.17) is 0 Å². The minimum absolute atomic E-state index is 0.301. The molecule has 0 aliphatic heterocycles. The second-order valence-electron chi connectivity index (χ2n) is 2.09. The van der Waals surface area contributed by atoms with E-state index in [1.54, 1.807) is 6.07 Å². The Hall–Kier alpha value is -0.940. The third-order valence-corrected chi connectivity index (χ3v) is 3.34. The van der Waals surface area contributed by atoms with Crippen LogP contribution in [0.5, 0.6) is 0 Å². The molecular formula is C8H6O3S2. The van der Waals surface area contributed by atoms with Gasteiger partial charge in [0.15, 0.2) is 12.6 Å². The molecule has 0 aliphatic rings. The highest BCUT2D eigenvalue weighted by Crippen LogP contribution is 2.28. The minimum atomic E-state index is 0.301. The Labute approximate surface area is 83.1 Å². The molecule has 68 valence electrons. The molecule has 0 amide bonds. The predicted octanol–water partition coefficient (Wildman–Crippen LogP) is 1.66. The summed E-state index contributed by atoms with van der Waals surface area (Å²) in [6.45, 7) is 0. The summed E-state index contributed by atoms with van der Waals surface area (Å²) in [5, 5.41) is 0. The van der Waals surface area contributed by atoms with Crippen LogP contribution in [0.25, 0.3) is 0 Å². The third-order valence-electron chi connectivity index (χ3n) is 1.27. The molecule has 0 aliphatic carbocycles. The lowest BCUT2D eigenvalue weighted by atomic mass is 10.4. The van der Waals surface area contributed by atoms with E-state index in [1.807, 2.05) is 0 Å². The van der Waals surface area contributed by atoms with Gasteiger partial charge < -0.3 is 4.79 Å². The molecular weight excluding hydrogens is 208 g/mol. The molecule has 0 spiro atoms. The van der Waals surface area contributed by atoms with Gasteiger partial charge in [-0.25, -0.2) is 0 Å². The first-order chi connectivity index (χ1) is 6.31. The average molecular weight is 214 g/mol. The van der Waals surface area contributed by atoms with Crippen molar-refractivity contribution in [2.45, 2.75) is 4.90 Å². The van der Waals surface area contributed by atoms with Crippen LogP contribution in [0.15, 0.2) is 11.0 Å². The molecule has 1 aromatic rings. The quantitative estimate of drug-likeness (QED) is 0.552. The van der Waals surface area contributed by atoms with Crippen molar-refractivity contribution in [3.05, 3.63) is 15.8 Å². The van der Waals surface area contributed by atoms with Crippen LogP contribution in [0.2, 0.25) is 0 Å². The molecule has 0 fully saturated rings. The zero-order chi connectivity index (χ0) is 9.68. The van der Waals surface area contributed by atoms with E-state index in [0.29, 0.717) is 33.0 Å². The number of rotatable bonds is 5. The highest BCUT2D eigenvalue weighted by atomic mass is 32.2. The molecule has 0 N–H and O–H groups in total. The smallest absolute Gasteiger partial charge is 0.161 e. The molecule has 1 rings (SSSR count). The summed E-state index contributed by atoms with van der Waals surface area (Å²) in [6.07, 6.45) is 2.16. The summed E-state index contributed by atoms with van der Waals surface area (Å²) >= 11 is 2.40. The van der Waals surface area contributed by atoms with Crippen LogP contribution in [0.3, 0.4) is 0 Å². The van der Waals surface area contributed by atoms with Crippen molar-refractivity contribution in [3.8, 4) is 0 Å². The van der Waals surface area contributed by atoms with Crippen molar-refractivity contribution in [1.29, 1.82) is 0 Å². The van der Waals surface area contributed by atoms with Gasteiger partial charge in [-0.3, -0.25) is 9.59 Å². The van der Waals surface area contributed by atoms with Crippen molar-refractivity contribution in [2.24, 2.45) is 0 Å². The molecule has 3 nitrogen and oxygen atoms in total. The van der Waals surface area contributed by atoms with E-state index in [-0.39, 0.29) is 0 Å². The van der Waals surface area contributed by atoms with Crippen molar-refractivity contribution in [3.63, 3.8) is 0 Å². The summed E-state index contributed by atoms with van der Waals surface area (Å²) in [6, 6.07) is 1.62.